The van der Waals surface area contributed by atoms with Crippen molar-refractivity contribution in [2.45, 2.75) is 32.7 Å². The number of unbranched alkanes of at least 4 members (excludes halogenated alkanes) is 1. The SMILES string of the molecule is CCCCOC(=O)C1=C(C)NC(=O)N[C@H]1c1cccc(OC)c1. The minimum absolute atomic E-state index is 0.347. The summed E-state index contributed by atoms with van der Waals surface area (Å²) < 4.78 is 10.5. The number of ether oxygens (including phenoxy) is 2. The lowest BCUT2D eigenvalue weighted by atomic mass is 9.95. The Kier molecular flexibility index (Phi) is 5.62. The molecule has 0 saturated carbocycles. The molecule has 1 aliphatic heterocycles. The smallest absolute Gasteiger partial charge is 0.338 e. The Morgan fingerprint density at radius 1 is 1.35 bits per heavy atom. The molecule has 0 bridgehead atoms. The minimum atomic E-state index is -0.562. The van der Waals surface area contributed by atoms with Gasteiger partial charge in [0.05, 0.1) is 25.3 Å². The van der Waals surface area contributed by atoms with Crippen LogP contribution in [0.5, 0.6) is 5.75 Å². The molecule has 2 amide bonds. The largest absolute Gasteiger partial charge is 0.497 e. The molecule has 0 unspecified atom stereocenters. The van der Waals surface area contributed by atoms with E-state index in [2.05, 4.69) is 10.6 Å². The monoisotopic (exact) mass is 318 g/mol. The average Bonchev–Trinajstić information content (AvgIpc) is 2.54. The molecule has 6 nitrogen and oxygen atoms in total. The predicted molar refractivity (Wildman–Crippen MR) is 86.0 cm³/mol. The fourth-order valence-corrected chi connectivity index (χ4v) is 2.42. The van der Waals surface area contributed by atoms with E-state index < -0.39 is 12.0 Å². The van der Waals surface area contributed by atoms with Gasteiger partial charge in [0, 0.05) is 5.70 Å². The molecule has 124 valence electrons. The highest BCUT2D eigenvalue weighted by atomic mass is 16.5. The highest BCUT2D eigenvalue weighted by Crippen LogP contribution is 2.29. The van der Waals surface area contributed by atoms with Gasteiger partial charge < -0.3 is 20.1 Å². The second kappa shape index (κ2) is 7.67. The zero-order valence-electron chi connectivity index (χ0n) is 13.6. The average molecular weight is 318 g/mol. The van der Waals surface area contributed by atoms with Crippen molar-refractivity contribution in [3.05, 3.63) is 41.1 Å². The molecule has 6 heteroatoms. The summed E-state index contributed by atoms with van der Waals surface area (Å²) in [5.41, 5.74) is 1.68. The maximum Gasteiger partial charge on any atom is 0.338 e. The summed E-state index contributed by atoms with van der Waals surface area (Å²) in [6.45, 7) is 4.09. The number of hydrogen-bond acceptors (Lipinski definition) is 4. The molecule has 0 radical (unpaired) electrons. The van der Waals surface area contributed by atoms with Crippen LogP contribution in [-0.4, -0.2) is 25.7 Å². The predicted octanol–water partition coefficient (Wildman–Crippen LogP) is 2.67. The Balaban J connectivity index is 2.32. The number of hydrogen-bond donors (Lipinski definition) is 2. The second-order valence-corrected chi connectivity index (χ2v) is 5.34. The summed E-state index contributed by atoms with van der Waals surface area (Å²) >= 11 is 0. The third-order valence-corrected chi connectivity index (χ3v) is 3.65. The van der Waals surface area contributed by atoms with Crippen molar-refractivity contribution in [2.24, 2.45) is 0 Å². The van der Waals surface area contributed by atoms with E-state index in [1.54, 1.807) is 20.1 Å². The summed E-state index contributed by atoms with van der Waals surface area (Å²) in [7, 11) is 1.57. The van der Waals surface area contributed by atoms with E-state index in [1.807, 2.05) is 25.1 Å². The highest BCUT2D eigenvalue weighted by molar-refractivity contribution is 5.95. The molecule has 0 spiro atoms. The molecule has 0 aromatic heterocycles. The Morgan fingerprint density at radius 2 is 2.13 bits per heavy atom. The van der Waals surface area contributed by atoms with Crippen LogP contribution >= 0.6 is 0 Å². The first kappa shape index (κ1) is 16.9. The Labute approximate surface area is 135 Å². The number of carbonyl (C=O) groups is 2. The lowest BCUT2D eigenvalue weighted by Crippen LogP contribution is -2.45. The van der Waals surface area contributed by atoms with E-state index in [4.69, 9.17) is 9.47 Å². The van der Waals surface area contributed by atoms with Crippen molar-refractivity contribution >= 4 is 12.0 Å². The quantitative estimate of drug-likeness (QED) is 0.624. The molecule has 1 aromatic rings. The third-order valence-electron chi connectivity index (χ3n) is 3.65. The fraction of sp³-hybridized carbons (Fsp3) is 0.412. The Morgan fingerprint density at radius 3 is 2.83 bits per heavy atom. The molecule has 1 aliphatic rings. The van der Waals surface area contributed by atoms with E-state index >= 15 is 0 Å². The van der Waals surface area contributed by atoms with Crippen LogP contribution < -0.4 is 15.4 Å². The fourth-order valence-electron chi connectivity index (χ4n) is 2.42. The number of carbonyl (C=O) groups excluding carboxylic acids is 2. The molecule has 0 aliphatic carbocycles. The first-order chi connectivity index (χ1) is 11.1. The summed E-state index contributed by atoms with van der Waals surface area (Å²) in [6, 6.07) is 6.35. The van der Waals surface area contributed by atoms with Crippen LogP contribution in [0.3, 0.4) is 0 Å². The number of urea groups is 1. The van der Waals surface area contributed by atoms with E-state index in [1.165, 1.54) is 0 Å². The van der Waals surface area contributed by atoms with Crippen LogP contribution in [0.25, 0.3) is 0 Å². The summed E-state index contributed by atoms with van der Waals surface area (Å²) in [5, 5.41) is 5.40. The lowest BCUT2D eigenvalue weighted by molar-refractivity contribution is -0.139. The van der Waals surface area contributed by atoms with E-state index in [-0.39, 0.29) is 6.03 Å². The van der Waals surface area contributed by atoms with Gasteiger partial charge in [-0.25, -0.2) is 9.59 Å². The molecular formula is C17H22N2O4. The minimum Gasteiger partial charge on any atom is -0.497 e. The third kappa shape index (κ3) is 4.03. The van der Waals surface area contributed by atoms with Crippen molar-refractivity contribution in [3.63, 3.8) is 0 Å². The molecule has 1 atom stereocenters. The van der Waals surface area contributed by atoms with Crippen LogP contribution in [0.1, 0.15) is 38.3 Å². The number of esters is 1. The lowest BCUT2D eigenvalue weighted by Gasteiger charge is -2.28. The Hall–Kier alpha value is -2.50. The van der Waals surface area contributed by atoms with Crippen LogP contribution in [-0.2, 0) is 9.53 Å². The number of benzene rings is 1. The van der Waals surface area contributed by atoms with Crippen LogP contribution in [0.15, 0.2) is 35.5 Å². The second-order valence-electron chi connectivity index (χ2n) is 5.34. The normalized spacial score (nSPS) is 17.3. The summed E-state index contributed by atoms with van der Waals surface area (Å²) in [5.74, 6) is 0.239. The zero-order valence-corrected chi connectivity index (χ0v) is 13.6. The van der Waals surface area contributed by atoms with Crippen LogP contribution in [0.4, 0.5) is 4.79 Å². The van der Waals surface area contributed by atoms with Gasteiger partial charge in [0.1, 0.15) is 5.75 Å². The van der Waals surface area contributed by atoms with E-state index in [0.717, 1.165) is 18.4 Å². The van der Waals surface area contributed by atoms with Gasteiger partial charge in [-0.1, -0.05) is 25.5 Å². The van der Waals surface area contributed by atoms with Crippen molar-refractivity contribution in [1.29, 1.82) is 0 Å². The molecule has 1 heterocycles. The number of allylic oxidation sites excluding steroid dienone is 1. The zero-order chi connectivity index (χ0) is 16.8. The van der Waals surface area contributed by atoms with Gasteiger partial charge in [-0.3, -0.25) is 0 Å². The van der Waals surface area contributed by atoms with Gasteiger partial charge >= 0.3 is 12.0 Å². The first-order valence-electron chi connectivity index (χ1n) is 7.66. The van der Waals surface area contributed by atoms with Gasteiger partial charge in [0.2, 0.25) is 0 Å². The standard InChI is InChI=1S/C17H22N2O4/c1-4-5-9-23-16(20)14-11(2)18-17(21)19-15(14)12-7-6-8-13(10-12)22-3/h6-8,10,15H,4-5,9H2,1-3H3,(H2,18,19,21)/t15-/m0/s1. The molecule has 23 heavy (non-hydrogen) atoms. The molecule has 0 saturated heterocycles. The van der Waals surface area contributed by atoms with Crippen molar-refractivity contribution in [2.75, 3.05) is 13.7 Å². The van der Waals surface area contributed by atoms with Crippen molar-refractivity contribution < 1.29 is 19.1 Å². The number of rotatable bonds is 6. The van der Waals surface area contributed by atoms with Crippen molar-refractivity contribution in [1.82, 2.24) is 10.6 Å². The molecule has 0 fully saturated rings. The number of amides is 2. The summed E-state index contributed by atoms with van der Waals surface area (Å²) in [6.07, 6.45) is 1.75. The molecule has 1 aromatic carbocycles. The highest BCUT2D eigenvalue weighted by Gasteiger charge is 2.32. The van der Waals surface area contributed by atoms with Gasteiger partial charge in [-0.05, 0) is 31.0 Å². The molecule has 2 rings (SSSR count). The summed E-state index contributed by atoms with van der Waals surface area (Å²) in [4.78, 5) is 24.2. The Bertz CT molecular complexity index is 625. The van der Waals surface area contributed by atoms with Gasteiger partial charge in [-0.2, -0.15) is 0 Å². The number of methoxy groups -OCH3 is 1. The molecule has 2 N–H and O–H groups in total. The van der Waals surface area contributed by atoms with E-state index in [0.29, 0.717) is 23.6 Å². The van der Waals surface area contributed by atoms with Crippen molar-refractivity contribution in [3.8, 4) is 5.75 Å². The molecular weight excluding hydrogens is 296 g/mol. The first-order valence-corrected chi connectivity index (χ1v) is 7.66. The maximum atomic E-state index is 12.4. The maximum absolute atomic E-state index is 12.4. The van der Waals surface area contributed by atoms with Gasteiger partial charge in [0.25, 0.3) is 0 Å². The van der Waals surface area contributed by atoms with Gasteiger partial charge in [-0.15, -0.1) is 0 Å². The van der Waals surface area contributed by atoms with Gasteiger partial charge in [0.15, 0.2) is 0 Å². The topological polar surface area (TPSA) is 76.7 Å². The van der Waals surface area contributed by atoms with Crippen LogP contribution in [0, 0.1) is 0 Å². The van der Waals surface area contributed by atoms with Crippen LogP contribution in [0.2, 0.25) is 0 Å². The number of nitrogens with one attached hydrogen (secondary N) is 2. The van der Waals surface area contributed by atoms with E-state index in [9.17, 15) is 9.59 Å².